The van der Waals surface area contributed by atoms with Crippen molar-refractivity contribution in [1.82, 2.24) is 5.32 Å². The average molecular weight is 562 g/mol. The molecular formula is C33H39NO5S. The van der Waals surface area contributed by atoms with Gasteiger partial charge in [0, 0.05) is 18.8 Å². The molecule has 0 aliphatic carbocycles. The lowest BCUT2D eigenvalue weighted by Crippen LogP contribution is -2.42. The number of aryl methyl sites for hydroxylation is 1. The number of carbonyl (C=O) groups is 2. The second-order valence-corrected chi connectivity index (χ2v) is 11.1. The first-order valence-electron chi connectivity index (χ1n) is 13.8. The molecule has 4 rings (SSSR count). The van der Waals surface area contributed by atoms with Crippen molar-refractivity contribution in [2.45, 2.75) is 44.9 Å². The van der Waals surface area contributed by atoms with Gasteiger partial charge in [-0.2, -0.15) is 11.8 Å². The van der Waals surface area contributed by atoms with E-state index in [2.05, 4.69) is 29.6 Å². The fourth-order valence-corrected chi connectivity index (χ4v) is 5.66. The van der Waals surface area contributed by atoms with Gasteiger partial charge in [-0.25, -0.2) is 4.79 Å². The van der Waals surface area contributed by atoms with E-state index in [1.165, 1.54) is 12.7 Å². The van der Waals surface area contributed by atoms with Gasteiger partial charge in [-0.3, -0.25) is 4.79 Å². The molecule has 0 aromatic heterocycles. The third-order valence-corrected chi connectivity index (χ3v) is 8.06. The molecule has 3 aromatic carbocycles. The number of benzene rings is 3. The SMILES string of the molecule is COC(=O)[C@H](CCSC)NC(=O)c1ccc(COC(c2ccccc2)C2CCOCC2)cc1-c1ccccc1C. The highest BCUT2D eigenvalue weighted by Gasteiger charge is 2.27. The maximum atomic E-state index is 13.5. The van der Waals surface area contributed by atoms with Gasteiger partial charge >= 0.3 is 5.97 Å². The van der Waals surface area contributed by atoms with Crippen LogP contribution in [0.4, 0.5) is 0 Å². The van der Waals surface area contributed by atoms with Gasteiger partial charge < -0.3 is 19.5 Å². The molecule has 1 fully saturated rings. The molecule has 212 valence electrons. The second-order valence-electron chi connectivity index (χ2n) is 10.1. The van der Waals surface area contributed by atoms with Crippen molar-refractivity contribution in [3.8, 4) is 11.1 Å². The molecule has 0 saturated carbocycles. The number of thioether (sulfide) groups is 1. The van der Waals surface area contributed by atoms with E-state index in [1.807, 2.05) is 61.7 Å². The van der Waals surface area contributed by atoms with Crippen LogP contribution < -0.4 is 5.32 Å². The van der Waals surface area contributed by atoms with Crippen molar-refractivity contribution in [3.05, 3.63) is 95.1 Å². The molecular weight excluding hydrogens is 522 g/mol. The summed E-state index contributed by atoms with van der Waals surface area (Å²) in [7, 11) is 1.34. The Morgan fingerprint density at radius 3 is 2.42 bits per heavy atom. The first kappa shape index (κ1) is 29.8. The van der Waals surface area contributed by atoms with Crippen molar-refractivity contribution in [3.63, 3.8) is 0 Å². The van der Waals surface area contributed by atoms with Gasteiger partial charge in [0.2, 0.25) is 0 Å². The average Bonchev–Trinajstić information content (AvgIpc) is 3.00. The first-order chi connectivity index (χ1) is 19.5. The number of rotatable bonds is 12. The summed E-state index contributed by atoms with van der Waals surface area (Å²) in [6.45, 7) is 3.95. The number of esters is 1. The smallest absolute Gasteiger partial charge is 0.328 e. The molecule has 1 aliphatic heterocycles. The molecule has 0 spiro atoms. The highest BCUT2D eigenvalue weighted by molar-refractivity contribution is 7.98. The number of ether oxygens (including phenoxy) is 3. The van der Waals surface area contributed by atoms with Crippen LogP contribution in [0.3, 0.4) is 0 Å². The minimum absolute atomic E-state index is 0.0350. The van der Waals surface area contributed by atoms with E-state index in [4.69, 9.17) is 14.2 Å². The van der Waals surface area contributed by atoms with E-state index in [9.17, 15) is 9.59 Å². The predicted octanol–water partition coefficient (Wildman–Crippen LogP) is 6.37. The van der Waals surface area contributed by atoms with E-state index in [-0.39, 0.29) is 12.0 Å². The lowest BCUT2D eigenvalue weighted by Gasteiger charge is -2.31. The summed E-state index contributed by atoms with van der Waals surface area (Å²) in [4.78, 5) is 25.9. The van der Waals surface area contributed by atoms with Crippen LogP contribution in [-0.4, -0.2) is 50.3 Å². The van der Waals surface area contributed by atoms with Gasteiger partial charge in [0.25, 0.3) is 5.91 Å². The van der Waals surface area contributed by atoms with Gasteiger partial charge in [0.05, 0.1) is 19.8 Å². The molecule has 40 heavy (non-hydrogen) atoms. The molecule has 0 radical (unpaired) electrons. The molecule has 7 heteroatoms. The molecule has 0 bridgehead atoms. The molecule has 1 saturated heterocycles. The van der Waals surface area contributed by atoms with Crippen LogP contribution in [0, 0.1) is 12.8 Å². The highest BCUT2D eigenvalue weighted by Crippen LogP contribution is 2.35. The van der Waals surface area contributed by atoms with Crippen LogP contribution in [0.5, 0.6) is 0 Å². The van der Waals surface area contributed by atoms with E-state index >= 15 is 0 Å². The van der Waals surface area contributed by atoms with E-state index < -0.39 is 12.0 Å². The minimum Gasteiger partial charge on any atom is -0.467 e. The maximum Gasteiger partial charge on any atom is 0.328 e. The Balaban J connectivity index is 1.62. The standard InChI is InChI=1S/C33H39NO5S/c1-23-9-7-8-12-27(23)29-21-24(13-14-28(29)32(35)34-30(17-20-40-3)33(36)37-2)22-39-31(25-10-5-4-6-11-25)26-15-18-38-19-16-26/h4-14,21,26,30-31H,15-20,22H2,1-3H3,(H,34,35)/t30-,31?/m0/s1. The van der Waals surface area contributed by atoms with Crippen molar-refractivity contribution in [1.29, 1.82) is 0 Å². The zero-order chi connectivity index (χ0) is 28.3. The zero-order valence-electron chi connectivity index (χ0n) is 23.6. The van der Waals surface area contributed by atoms with Crippen LogP contribution in [0.25, 0.3) is 11.1 Å². The molecule has 1 amide bonds. The lowest BCUT2D eigenvalue weighted by molar-refractivity contribution is -0.142. The summed E-state index contributed by atoms with van der Waals surface area (Å²) >= 11 is 1.62. The van der Waals surface area contributed by atoms with Crippen molar-refractivity contribution in [2.75, 3.05) is 32.3 Å². The molecule has 1 heterocycles. The molecule has 1 aliphatic rings. The van der Waals surface area contributed by atoms with Crippen LogP contribution in [0.2, 0.25) is 0 Å². The van der Waals surface area contributed by atoms with Crippen molar-refractivity contribution < 1.29 is 23.8 Å². The number of hydrogen-bond acceptors (Lipinski definition) is 6. The summed E-state index contributed by atoms with van der Waals surface area (Å²) < 4.78 is 17.2. The third kappa shape index (κ3) is 7.74. The Morgan fingerprint density at radius 2 is 1.73 bits per heavy atom. The van der Waals surface area contributed by atoms with Crippen molar-refractivity contribution in [2.24, 2.45) is 5.92 Å². The summed E-state index contributed by atoms with van der Waals surface area (Å²) in [5.74, 6) is 0.376. The lowest BCUT2D eigenvalue weighted by atomic mass is 9.89. The Morgan fingerprint density at radius 1 is 1.00 bits per heavy atom. The molecule has 6 nitrogen and oxygen atoms in total. The molecule has 3 aromatic rings. The van der Waals surface area contributed by atoms with Gasteiger partial charge in [0.15, 0.2) is 0 Å². The van der Waals surface area contributed by atoms with Crippen LogP contribution in [-0.2, 0) is 25.6 Å². The molecule has 1 N–H and O–H groups in total. The number of amides is 1. The fourth-order valence-electron chi connectivity index (χ4n) is 5.19. The van der Waals surface area contributed by atoms with E-state index in [0.29, 0.717) is 24.5 Å². The second kappa shape index (κ2) is 15.0. The quantitative estimate of drug-likeness (QED) is 0.259. The Hall–Kier alpha value is -3.13. The normalized spacial score (nSPS) is 15.3. The van der Waals surface area contributed by atoms with Gasteiger partial charge in [0.1, 0.15) is 6.04 Å². The number of nitrogens with one attached hydrogen (secondary N) is 1. The summed E-state index contributed by atoms with van der Waals surface area (Å²) in [6.07, 6.45) is 4.36. The first-order valence-corrected chi connectivity index (χ1v) is 15.2. The fraction of sp³-hybridized carbons (Fsp3) is 0.394. The largest absolute Gasteiger partial charge is 0.467 e. The Labute approximate surface area is 241 Å². The van der Waals surface area contributed by atoms with Crippen LogP contribution >= 0.6 is 11.8 Å². The van der Waals surface area contributed by atoms with Gasteiger partial charge in [-0.1, -0.05) is 60.7 Å². The van der Waals surface area contributed by atoms with Crippen LogP contribution in [0.1, 0.15) is 52.4 Å². The topological polar surface area (TPSA) is 73.9 Å². The number of methoxy groups -OCH3 is 1. The minimum atomic E-state index is -0.705. The van der Waals surface area contributed by atoms with Crippen molar-refractivity contribution >= 4 is 23.6 Å². The van der Waals surface area contributed by atoms with Gasteiger partial charge in [-0.05, 0) is 84.1 Å². The van der Waals surface area contributed by atoms with E-state index in [1.54, 1.807) is 11.8 Å². The maximum absolute atomic E-state index is 13.5. The number of hydrogen-bond donors (Lipinski definition) is 1. The highest BCUT2D eigenvalue weighted by atomic mass is 32.2. The predicted molar refractivity (Wildman–Crippen MR) is 160 cm³/mol. The summed E-state index contributed by atoms with van der Waals surface area (Å²) in [5, 5.41) is 2.91. The zero-order valence-corrected chi connectivity index (χ0v) is 24.4. The molecule has 1 unspecified atom stereocenters. The Bertz CT molecular complexity index is 1260. The van der Waals surface area contributed by atoms with Crippen LogP contribution in [0.15, 0.2) is 72.8 Å². The number of carbonyl (C=O) groups excluding carboxylic acids is 2. The van der Waals surface area contributed by atoms with Gasteiger partial charge in [-0.15, -0.1) is 0 Å². The summed E-state index contributed by atoms with van der Waals surface area (Å²) in [6, 6.07) is 23.5. The molecule has 2 atom stereocenters. The summed E-state index contributed by atoms with van der Waals surface area (Å²) in [5.41, 5.74) is 5.51. The monoisotopic (exact) mass is 561 g/mol. The van der Waals surface area contributed by atoms with E-state index in [0.717, 1.165) is 54.1 Å². The third-order valence-electron chi connectivity index (χ3n) is 7.42. The Kier molecular flexibility index (Phi) is 11.2.